The van der Waals surface area contributed by atoms with E-state index in [0.29, 0.717) is 28.9 Å². The summed E-state index contributed by atoms with van der Waals surface area (Å²) in [4.78, 5) is 0. The number of rotatable bonds is 5. The van der Waals surface area contributed by atoms with Crippen LogP contribution in [0.5, 0.6) is 5.75 Å². The Labute approximate surface area is 130 Å². The van der Waals surface area contributed by atoms with Crippen molar-refractivity contribution >= 4 is 44.8 Å². The van der Waals surface area contributed by atoms with Crippen LogP contribution in [0, 0.1) is 0 Å². The molecule has 0 unspecified atom stereocenters. The van der Waals surface area contributed by atoms with Crippen LogP contribution in [0.25, 0.3) is 0 Å². The number of halogens is 3. The molecule has 0 saturated heterocycles. The predicted molar refractivity (Wildman–Crippen MR) is 84.6 cm³/mol. The van der Waals surface area contributed by atoms with Crippen LogP contribution in [0.3, 0.4) is 0 Å². The van der Waals surface area contributed by atoms with Gasteiger partial charge >= 0.3 is 0 Å². The van der Waals surface area contributed by atoms with E-state index in [4.69, 9.17) is 27.9 Å². The van der Waals surface area contributed by atoms with Crippen LogP contribution < -0.4 is 10.1 Å². The Morgan fingerprint density at radius 2 is 1.79 bits per heavy atom. The minimum atomic E-state index is 0.531. The summed E-state index contributed by atoms with van der Waals surface area (Å²) >= 11 is 15.2. The van der Waals surface area contributed by atoms with Gasteiger partial charge in [0.2, 0.25) is 0 Å². The molecule has 0 radical (unpaired) electrons. The molecule has 0 amide bonds. The molecular weight excluding hydrogens is 349 g/mol. The van der Waals surface area contributed by atoms with Gasteiger partial charge in [0.1, 0.15) is 12.4 Å². The molecule has 0 aliphatic rings. The highest BCUT2D eigenvalue weighted by Crippen LogP contribution is 2.24. The standard InChI is InChI=1S/C14H12BrCl2NO/c15-10-2-1-3-13(6-10)18-4-5-19-14-8-11(16)7-12(17)9-14/h1-3,6-9,18H,4-5H2. The van der Waals surface area contributed by atoms with E-state index in [1.165, 1.54) is 0 Å². The Bertz CT molecular complexity index is 543. The minimum absolute atomic E-state index is 0.531. The maximum Gasteiger partial charge on any atom is 0.122 e. The molecule has 100 valence electrons. The lowest BCUT2D eigenvalue weighted by Crippen LogP contribution is -2.11. The summed E-state index contributed by atoms with van der Waals surface area (Å²) in [6.07, 6.45) is 0. The van der Waals surface area contributed by atoms with E-state index in [2.05, 4.69) is 21.2 Å². The zero-order valence-corrected chi connectivity index (χ0v) is 13.1. The van der Waals surface area contributed by atoms with Gasteiger partial charge in [0.05, 0.1) is 0 Å². The first kappa shape index (κ1) is 14.5. The van der Waals surface area contributed by atoms with Crippen molar-refractivity contribution in [2.45, 2.75) is 0 Å². The van der Waals surface area contributed by atoms with Crippen molar-refractivity contribution in [3.8, 4) is 5.75 Å². The smallest absolute Gasteiger partial charge is 0.122 e. The number of anilines is 1. The van der Waals surface area contributed by atoms with Gasteiger partial charge in [0, 0.05) is 26.8 Å². The van der Waals surface area contributed by atoms with E-state index in [1.54, 1.807) is 18.2 Å². The monoisotopic (exact) mass is 359 g/mol. The molecule has 2 aromatic rings. The summed E-state index contributed by atoms with van der Waals surface area (Å²) in [7, 11) is 0. The van der Waals surface area contributed by atoms with Crippen LogP contribution in [-0.2, 0) is 0 Å². The van der Waals surface area contributed by atoms with Gasteiger partial charge < -0.3 is 10.1 Å². The zero-order chi connectivity index (χ0) is 13.7. The van der Waals surface area contributed by atoms with Gasteiger partial charge in [-0.25, -0.2) is 0 Å². The Morgan fingerprint density at radius 3 is 2.47 bits per heavy atom. The molecule has 0 fully saturated rings. The number of ether oxygens (including phenoxy) is 1. The third kappa shape index (κ3) is 4.94. The normalized spacial score (nSPS) is 10.3. The van der Waals surface area contributed by atoms with E-state index in [0.717, 1.165) is 10.2 Å². The van der Waals surface area contributed by atoms with Gasteiger partial charge in [-0.3, -0.25) is 0 Å². The molecule has 2 rings (SSSR count). The first-order valence-corrected chi connectivity index (χ1v) is 7.27. The van der Waals surface area contributed by atoms with Gasteiger partial charge in [-0.2, -0.15) is 0 Å². The molecule has 0 atom stereocenters. The highest BCUT2D eigenvalue weighted by atomic mass is 79.9. The van der Waals surface area contributed by atoms with Crippen LogP contribution in [-0.4, -0.2) is 13.2 Å². The van der Waals surface area contributed by atoms with Crippen molar-refractivity contribution in [2.24, 2.45) is 0 Å². The zero-order valence-electron chi connectivity index (χ0n) is 10.00. The van der Waals surface area contributed by atoms with E-state index in [-0.39, 0.29) is 0 Å². The van der Waals surface area contributed by atoms with Crippen molar-refractivity contribution in [3.63, 3.8) is 0 Å². The second kappa shape index (κ2) is 7.04. The molecule has 2 aromatic carbocycles. The van der Waals surface area contributed by atoms with E-state index in [9.17, 15) is 0 Å². The van der Waals surface area contributed by atoms with E-state index >= 15 is 0 Å². The first-order chi connectivity index (χ1) is 9.13. The summed E-state index contributed by atoms with van der Waals surface area (Å²) < 4.78 is 6.62. The van der Waals surface area contributed by atoms with Crippen LogP contribution >= 0.6 is 39.1 Å². The predicted octanol–water partition coefficient (Wildman–Crippen LogP) is 5.25. The average Bonchev–Trinajstić information content (AvgIpc) is 2.34. The Balaban J connectivity index is 1.80. The molecular formula is C14H12BrCl2NO. The molecule has 0 spiro atoms. The SMILES string of the molecule is Clc1cc(Cl)cc(OCCNc2cccc(Br)c2)c1. The molecule has 2 nitrogen and oxygen atoms in total. The van der Waals surface area contributed by atoms with Crippen molar-refractivity contribution in [3.05, 3.63) is 57.0 Å². The fourth-order valence-corrected chi connectivity index (χ4v) is 2.48. The molecule has 1 N–H and O–H groups in total. The lowest BCUT2D eigenvalue weighted by atomic mass is 10.3. The van der Waals surface area contributed by atoms with Crippen LogP contribution in [0.15, 0.2) is 46.9 Å². The Hall–Kier alpha value is -0.900. The van der Waals surface area contributed by atoms with Crippen molar-refractivity contribution in [1.82, 2.24) is 0 Å². The summed E-state index contributed by atoms with van der Waals surface area (Å²) in [5, 5.41) is 4.41. The fraction of sp³-hybridized carbons (Fsp3) is 0.143. The van der Waals surface area contributed by atoms with Crippen molar-refractivity contribution < 1.29 is 4.74 Å². The Kier molecular flexibility index (Phi) is 5.37. The second-order valence-electron chi connectivity index (χ2n) is 3.89. The van der Waals surface area contributed by atoms with Gasteiger partial charge in [-0.05, 0) is 36.4 Å². The molecule has 5 heteroatoms. The van der Waals surface area contributed by atoms with Crippen LogP contribution in [0.1, 0.15) is 0 Å². The fourth-order valence-electron chi connectivity index (χ4n) is 1.57. The van der Waals surface area contributed by atoms with Gasteiger partial charge in [0.15, 0.2) is 0 Å². The minimum Gasteiger partial charge on any atom is -0.492 e. The third-order valence-corrected chi connectivity index (χ3v) is 3.29. The first-order valence-electron chi connectivity index (χ1n) is 5.72. The quantitative estimate of drug-likeness (QED) is 0.735. The van der Waals surface area contributed by atoms with Crippen LogP contribution in [0.4, 0.5) is 5.69 Å². The largest absolute Gasteiger partial charge is 0.492 e. The topological polar surface area (TPSA) is 21.3 Å². The molecule has 0 aliphatic carbocycles. The second-order valence-corrected chi connectivity index (χ2v) is 5.68. The third-order valence-electron chi connectivity index (χ3n) is 2.36. The molecule has 0 heterocycles. The van der Waals surface area contributed by atoms with Gasteiger partial charge in [-0.1, -0.05) is 45.2 Å². The molecule has 19 heavy (non-hydrogen) atoms. The number of benzene rings is 2. The number of hydrogen-bond donors (Lipinski definition) is 1. The summed E-state index contributed by atoms with van der Waals surface area (Å²) in [6.45, 7) is 1.23. The average molecular weight is 361 g/mol. The molecule has 0 aliphatic heterocycles. The highest BCUT2D eigenvalue weighted by molar-refractivity contribution is 9.10. The maximum atomic E-state index is 5.89. The van der Waals surface area contributed by atoms with E-state index < -0.39 is 0 Å². The van der Waals surface area contributed by atoms with Crippen molar-refractivity contribution in [2.75, 3.05) is 18.5 Å². The summed E-state index contributed by atoms with van der Waals surface area (Å²) in [5.74, 6) is 0.675. The number of hydrogen-bond acceptors (Lipinski definition) is 2. The number of nitrogens with one attached hydrogen (secondary N) is 1. The highest BCUT2D eigenvalue weighted by Gasteiger charge is 1.99. The van der Waals surface area contributed by atoms with Crippen LogP contribution in [0.2, 0.25) is 10.0 Å². The lowest BCUT2D eigenvalue weighted by molar-refractivity contribution is 0.333. The van der Waals surface area contributed by atoms with Gasteiger partial charge in [0.25, 0.3) is 0 Å². The Morgan fingerprint density at radius 1 is 1.05 bits per heavy atom. The maximum absolute atomic E-state index is 5.89. The molecule has 0 saturated carbocycles. The van der Waals surface area contributed by atoms with Crippen molar-refractivity contribution in [1.29, 1.82) is 0 Å². The molecule has 0 aromatic heterocycles. The summed E-state index contributed by atoms with van der Waals surface area (Å²) in [6, 6.07) is 13.1. The van der Waals surface area contributed by atoms with E-state index in [1.807, 2.05) is 24.3 Å². The van der Waals surface area contributed by atoms with Gasteiger partial charge in [-0.15, -0.1) is 0 Å². The lowest BCUT2D eigenvalue weighted by Gasteiger charge is -2.09. The molecule has 0 bridgehead atoms. The summed E-state index contributed by atoms with van der Waals surface area (Å²) in [5.41, 5.74) is 1.04.